The molecule has 3 heteroatoms. The van der Waals surface area contributed by atoms with Gasteiger partial charge in [0.15, 0.2) is 6.29 Å². The van der Waals surface area contributed by atoms with Crippen LogP contribution in [-0.4, -0.2) is 29.2 Å². The Balaban J connectivity index is 2.06. The van der Waals surface area contributed by atoms with Crippen LogP contribution in [-0.2, 0) is 9.53 Å². The summed E-state index contributed by atoms with van der Waals surface area (Å²) in [7, 11) is 0. The van der Waals surface area contributed by atoms with Gasteiger partial charge in [0.1, 0.15) is 5.60 Å². The zero-order chi connectivity index (χ0) is 11.6. The van der Waals surface area contributed by atoms with Crippen molar-refractivity contribution in [3.63, 3.8) is 0 Å². The number of hydrogen-bond donors (Lipinski definition) is 1. The highest BCUT2D eigenvalue weighted by Gasteiger charge is 2.44. The molecule has 0 radical (unpaired) electrons. The summed E-state index contributed by atoms with van der Waals surface area (Å²) in [5.74, 6) is 0.0665. The number of aliphatic hydroxyl groups is 1. The Morgan fingerprint density at radius 3 is 2.69 bits per heavy atom. The van der Waals surface area contributed by atoms with Gasteiger partial charge in [-0.25, -0.2) is 0 Å². The van der Waals surface area contributed by atoms with E-state index in [-0.39, 0.29) is 11.5 Å². The average Bonchev–Trinajstić information content (AvgIpc) is 2.30. The number of hydrogen-bond acceptors (Lipinski definition) is 3. The van der Waals surface area contributed by atoms with Crippen molar-refractivity contribution in [3.8, 4) is 0 Å². The van der Waals surface area contributed by atoms with E-state index in [0.717, 1.165) is 25.7 Å². The molecule has 0 aromatic rings. The van der Waals surface area contributed by atoms with Crippen LogP contribution in [0.15, 0.2) is 0 Å². The van der Waals surface area contributed by atoms with Crippen LogP contribution in [0.3, 0.4) is 0 Å². The Hall–Kier alpha value is -0.410. The van der Waals surface area contributed by atoms with Crippen LogP contribution < -0.4 is 0 Å². The number of carbonyl (C=O) groups excluding carboxylic acids is 1. The molecule has 1 N–H and O–H groups in total. The first-order chi connectivity index (χ1) is 7.58. The van der Waals surface area contributed by atoms with Crippen molar-refractivity contribution in [1.29, 1.82) is 0 Å². The quantitative estimate of drug-likeness (QED) is 0.733. The molecule has 16 heavy (non-hydrogen) atoms. The molecule has 92 valence electrons. The van der Waals surface area contributed by atoms with E-state index in [1.807, 2.05) is 0 Å². The van der Waals surface area contributed by atoms with E-state index in [0.29, 0.717) is 12.9 Å². The largest absolute Gasteiger partial charge is 0.382 e. The Morgan fingerprint density at radius 2 is 2.06 bits per heavy atom. The molecule has 2 aliphatic rings. The van der Waals surface area contributed by atoms with Gasteiger partial charge in [-0.1, -0.05) is 19.3 Å². The van der Waals surface area contributed by atoms with Crippen LogP contribution in [0.4, 0.5) is 0 Å². The maximum absolute atomic E-state index is 10.9. The molecule has 2 rings (SSSR count). The second-order valence-corrected chi connectivity index (χ2v) is 5.63. The zero-order valence-corrected chi connectivity index (χ0v) is 10.1. The summed E-state index contributed by atoms with van der Waals surface area (Å²) in [4.78, 5) is 10.9. The van der Waals surface area contributed by atoms with Crippen LogP contribution >= 0.6 is 0 Å². The molecule has 1 heterocycles. The zero-order valence-electron chi connectivity index (χ0n) is 10.1. The van der Waals surface area contributed by atoms with Gasteiger partial charge < -0.3 is 14.6 Å². The summed E-state index contributed by atoms with van der Waals surface area (Å²) < 4.78 is 5.95. The Morgan fingerprint density at radius 1 is 1.38 bits per heavy atom. The van der Waals surface area contributed by atoms with Gasteiger partial charge in [-0.05, 0) is 38.5 Å². The van der Waals surface area contributed by atoms with Gasteiger partial charge in [0.2, 0.25) is 0 Å². The van der Waals surface area contributed by atoms with Crippen molar-refractivity contribution in [2.75, 3.05) is 6.61 Å². The van der Waals surface area contributed by atoms with Crippen molar-refractivity contribution in [1.82, 2.24) is 0 Å². The normalized spacial score (nSPS) is 33.2. The minimum Gasteiger partial charge on any atom is -0.382 e. The van der Waals surface area contributed by atoms with Gasteiger partial charge in [-0.3, -0.25) is 0 Å². The minimum atomic E-state index is -1.17. The van der Waals surface area contributed by atoms with Crippen molar-refractivity contribution < 1.29 is 14.6 Å². The molecule has 2 unspecified atom stereocenters. The predicted octanol–water partition coefficient (Wildman–Crippen LogP) is 2.07. The van der Waals surface area contributed by atoms with Crippen LogP contribution in [0.1, 0.15) is 51.9 Å². The summed E-state index contributed by atoms with van der Waals surface area (Å²) in [6.45, 7) is 2.32. The summed E-state index contributed by atoms with van der Waals surface area (Å²) >= 11 is 0. The lowest BCUT2D eigenvalue weighted by molar-refractivity contribution is -0.157. The number of ether oxygens (including phenoxy) is 1. The molecule has 0 bridgehead atoms. The van der Waals surface area contributed by atoms with E-state index in [2.05, 4.69) is 0 Å². The first kappa shape index (κ1) is 12.1. The van der Waals surface area contributed by atoms with Gasteiger partial charge in [0.05, 0.1) is 5.60 Å². The maximum Gasteiger partial charge on any atom is 0.151 e. The topological polar surface area (TPSA) is 46.5 Å². The fourth-order valence-electron chi connectivity index (χ4n) is 3.17. The molecule has 1 aliphatic heterocycles. The van der Waals surface area contributed by atoms with Crippen LogP contribution in [0.5, 0.6) is 0 Å². The van der Waals surface area contributed by atoms with Crippen molar-refractivity contribution in [2.45, 2.75) is 63.1 Å². The van der Waals surface area contributed by atoms with Crippen LogP contribution in [0.2, 0.25) is 0 Å². The highest BCUT2D eigenvalue weighted by molar-refractivity contribution is 5.61. The third kappa shape index (κ3) is 2.30. The molecular formula is C13H22O3. The van der Waals surface area contributed by atoms with E-state index < -0.39 is 5.60 Å². The van der Waals surface area contributed by atoms with Crippen molar-refractivity contribution in [2.24, 2.45) is 5.92 Å². The standard InChI is InChI=1S/C13H22O3/c1-12(15,10-14)11-5-8-16-13(9-11)6-3-2-4-7-13/h10-11,15H,2-9H2,1H3. The van der Waals surface area contributed by atoms with E-state index in [4.69, 9.17) is 4.74 Å². The van der Waals surface area contributed by atoms with E-state index in [9.17, 15) is 9.90 Å². The van der Waals surface area contributed by atoms with E-state index in [1.165, 1.54) is 19.3 Å². The third-order valence-electron chi connectivity index (χ3n) is 4.32. The highest BCUT2D eigenvalue weighted by atomic mass is 16.5. The lowest BCUT2D eigenvalue weighted by atomic mass is 9.71. The fourth-order valence-corrected chi connectivity index (χ4v) is 3.17. The molecule has 0 amide bonds. The number of aldehydes is 1. The summed E-state index contributed by atoms with van der Waals surface area (Å²) in [5.41, 5.74) is -1.21. The van der Waals surface area contributed by atoms with E-state index >= 15 is 0 Å². The molecule has 1 saturated heterocycles. The molecule has 2 atom stereocenters. The molecule has 1 aliphatic carbocycles. The summed E-state index contributed by atoms with van der Waals surface area (Å²) in [5, 5.41) is 10.0. The SMILES string of the molecule is CC(O)(C=O)C1CCOC2(CCCCC2)C1. The Bertz CT molecular complexity index is 248. The Labute approximate surface area is 97.2 Å². The lowest BCUT2D eigenvalue weighted by Gasteiger charge is -2.46. The molecule has 1 spiro atoms. The highest BCUT2D eigenvalue weighted by Crippen LogP contribution is 2.43. The predicted molar refractivity (Wildman–Crippen MR) is 61.2 cm³/mol. The maximum atomic E-state index is 10.9. The fraction of sp³-hybridized carbons (Fsp3) is 0.923. The monoisotopic (exact) mass is 226 g/mol. The van der Waals surface area contributed by atoms with Gasteiger partial charge in [0.25, 0.3) is 0 Å². The lowest BCUT2D eigenvalue weighted by Crippen LogP contribution is -2.48. The summed E-state index contributed by atoms with van der Waals surface area (Å²) in [6.07, 6.45) is 8.26. The molecule has 0 aromatic heterocycles. The molecule has 0 aromatic carbocycles. The van der Waals surface area contributed by atoms with Crippen molar-refractivity contribution in [3.05, 3.63) is 0 Å². The van der Waals surface area contributed by atoms with Crippen LogP contribution in [0, 0.1) is 5.92 Å². The second-order valence-electron chi connectivity index (χ2n) is 5.63. The van der Waals surface area contributed by atoms with Gasteiger partial charge in [-0.15, -0.1) is 0 Å². The molecule has 2 fully saturated rings. The van der Waals surface area contributed by atoms with Gasteiger partial charge in [-0.2, -0.15) is 0 Å². The van der Waals surface area contributed by atoms with Crippen LogP contribution in [0.25, 0.3) is 0 Å². The van der Waals surface area contributed by atoms with Gasteiger partial charge in [0, 0.05) is 6.61 Å². The number of carbonyl (C=O) groups is 1. The molecular weight excluding hydrogens is 204 g/mol. The van der Waals surface area contributed by atoms with Gasteiger partial charge >= 0.3 is 0 Å². The molecule has 1 saturated carbocycles. The van der Waals surface area contributed by atoms with E-state index in [1.54, 1.807) is 6.92 Å². The number of rotatable bonds is 2. The third-order valence-corrected chi connectivity index (χ3v) is 4.32. The molecule has 3 nitrogen and oxygen atoms in total. The average molecular weight is 226 g/mol. The first-order valence-corrected chi connectivity index (χ1v) is 6.41. The smallest absolute Gasteiger partial charge is 0.151 e. The van der Waals surface area contributed by atoms with Crippen molar-refractivity contribution >= 4 is 6.29 Å². The summed E-state index contributed by atoms with van der Waals surface area (Å²) in [6, 6.07) is 0. The second kappa shape index (κ2) is 4.46. The first-order valence-electron chi connectivity index (χ1n) is 6.41. The Kier molecular flexibility index (Phi) is 3.36. The minimum absolute atomic E-state index is 0.0336.